The van der Waals surface area contributed by atoms with Crippen LogP contribution in [0.1, 0.15) is 117 Å². The van der Waals surface area contributed by atoms with E-state index in [0.717, 1.165) is 12.8 Å². The first kappa shape index (κ1) is 21.5. The van der Waals surface area contributed by atoms with Gasteiger partial charge in [-0.1, -0.05) is 85.0 Å². The zero-order chi connectivity index (χ0) is 16.5. The van der Waals surface area contributed by atoms with Gasteiger partial charge in [0, 0.05) is 6.42 Å². The van der Waals surface area contributed by atoms with Gasteiger partial charge in [-0.3, -0.25) is 4.79 Å². The fourth-order valence-corrected chi connectivity index (χ4v) is 2.84. The van der Waals surface area contributed by atoms with Crippen LogP contribution in [0.2, 0.25) is 0 Å². The lowest BCUT2D eigenvalue weighted by Gasteiger charge is -2.17. The summed E-state index contributed by atoms with van der Waals surface area (Å²) in [7, 11) is 0. The molecule has 0 amide bonds. The third kappa shape index (κ3) is 14.4. The lowest BCUT2D eigenvalue weighted by molar-refractivity contribution is -0.149. The predicted molar refractivity (Wildman–Crippen MR) is 96.2 cm³/mol. The molecule has 2 heteroatoms. The quantitative estimate of drug-likeness (QED) is 0.231. The van der Waals surface area contributed by atoms with Crippen molar-refractivity contribution in [2.24, 2.45) is 0 Å². The molecule has 0 bridgehead atoms. The minimum absolute atomic E-state index is 0.0264. The summed E-state index contributed by atoms with van der Waals surface area (Å²) in [5.41, 5.74) is 0. The van der Waals surface area contributed by atoms with Gasteiger partial charge in [-0.25, -0.2) is 0 Å². The number of carbonyl (C=O) groups is 1. The Hall–Kier alpha value is -0.530. The van der Waals surface area contributed by atoms with Crippen LogP contribution in [0.15, 0.2) is 0 Å². The van der Waals surface area contributed by atoms with Crippen LogP contribution < -0.4 is 0 Å². The van der Waals surface area contributed by atoms with Crippen LogP contribution >= 0.6 is 0 Å². The summed E-state index contributed by atoms with van der Waals surface area (Å²) >= 11 is 0. The van der Waals surface area contributed by atoms with Gasteiger partial charge in [0.1, 0.15) is 6.10 Å². The lowest BCUT2D eigenvalue weighted by atomic mass is 10.0. The van der Waals surface area contributed by atoms with Gasteiger partial charge in [-0.15, -0.1) is 0 Å². The zero-order valence-corrected chi connectivity index (χ0v) is 15.5. The molecular weight excluding hydrogens is 272 g/mol. The van der Waals surface area contributed by atoms with Gasteiger partial charge in [-0.2, -0.15) is 0 Å². The Labute approximate surface area is 139 Å². The molecule has 132 valence electrons. The molecule has 0 radical (unpaired) electrons. The molecular formula is C20H40O2. The molecule has 1 atom stereocenters. The van der Waals surface area contributed by atoms with Gasteiger partial charge in [-0.05, 0) is 25.7 Å². The highest BCUT2D eigenvalue weighted by Crippen LogP contribution is 2.17. The second-order valence-corrected chi connectivity index (χ2v) is 6.58. The van der Waals surface area contributed by atoms with Crippen LogP contribution in [0.3, 0.4) is 0 Å². The molecule has 0 fully saturated rings. The maximum absolute atomic E-state index is 11.5. The Morgan fingerprint density at radius 3 is 1.50 bits per heavy atom. The lowest BCUT2D eigenvalue weighted by Crippen LogP contribution is -2.17. The minimum Gasteiger partial charge on any atom is -0.462 e. The molecule has 22 heavy (non-hydrogen) atoms. The summed E-state index contributed by atoms with van der Waals surface area (Å²) in [5, 5.41) is 0. The predicted octanol–water partition coefficient (Wildman–Crippen LogP) is 6.81. The molecule has 0 aliphatic rings. The molecule has 0 aliphatic heterocycles. The van der Waals surface area contributed by atoms with E-state index in [0.29, 0.717) is 6.42 Å². The summed E-state index contributed by atoms with van der Waals surface area (Å²) in [5.74, 6) is -0.0264. The highest BCUT2D eigenvalue weighted by molar-refractivity contribution is 5.69. The summed E-state index contributed by atoms with van der Waals surface area (Å²) in [4.78, 5) is 11.5. The van der Waals surface area contributed by atoms with Crippen molar-refractivity contribution in [1.82, 2.24) is 0 Å². The van der Waals surface area contributed by atoms with Crippen LogP contribution in [0.25, 0.3) is 0 Å². The van der Waals surface area contributed by atoms with E-state index in [1.807, 2.05) is 6.92 Å². The Balaban J connectivity index is 3.75. The third-order valence-electron chi connectivity index (χ3n) is 4.35. The highest BCUT2D eigenvalue weighted by atomic mass is 16.5. The largest absolute Gasteiger partial charge is 0.462 e. The maximum atomic E-state index is 11.5. The first-order valence-corrected chi connectivity index (χ1v) is 9.94. The van der Waals surface area contributed by atoms with Crippen LogP contribution in [0.4, 0.5) is 0 Å². The molecule has 0 N–H and O–H groups in total. The van der Waals surface area contributed by atoms with Gasteiger partial charge in [0.25, 0.3) is 0 Å². The van der Waals surface area contributed by atoms with Crippen LogP contribution in [0, 0.1) is 0 Å². The SMILES string of the molecule is CCCCCCCCC[C@H](CCCCCCC)OC(=O)CC. The van der Waals surface area contributed by atoms with Gasteiger partial charge in [0.05, 0.1) is 0 Å². The van der Waals surface area contributed by atoms with E-state index in [9.17, 15) is 4.79 Å². The summed E-state index contributed by atoms with van der Waals surface area (Å²) in [6.45, 7) is 6.38. The normalized spacial score (nSPS) is 12.3. The van der Waals surface area contributed by atoms with Crippen LogP contribution in [-0.2, 0) is 9.53 Å². The van der Waals surface area contributed by atoms with E-state index in [4.69, 9.17) is 4.74 Å². The number of rotatable bonds is 16. The van der Waals surface area contributed by atoms with E-state index < -0.39 is 0 Å². The Kier molecular flexibility index (Phi) is 16.4. The first-order chi connectivity index (χ1) is 10.7. The van der Waals surface area contributed by atoms with Crippen molar-refractivity contribution in [1.29, 1.82) is 0 Å². The second kappa shape index (κ2) is 16.8. The molecule has 0 unspecified atom stereocenters. The summed E-state index contributed by atoms with van der Waals surface area (Å²) in [6.07, 6.45) is 18.5. The van der Waals surface area contributed by atoms with Crippen LogP contribution in [-0.4, -0.2) is 12.1 Å². The maximum Gasteiger partial charge on any atom is 0.305 e. The highest BCUT2D eigenvalue weighted by Gasteiger charge is 2.12. The molecule has 0 aromatic rings. The van der Waals surface area contributed by atoms with Gasteiger partial charge < -0.3 is 4.74 Å². The van der Waals surface area contributed by atoms with E-state index in [-0.39, 0.29) is 12.1 Å². The zero-order valence-electron chi connectivity index (χ0n) is 15.5. The number of hydrogen-bond donors (Lipinski definition) is 0. The molecule has 0 aromatic heterocycles. The fraction of sp³-hybridized carbons (Fsp3) is 0.950. The third-order valence-corrected chi connectivity index (χ3v) is 4.35. The summed E-state index contributed by atoms with van der Waals surface area (Å²) < 4.78 is 5.61. The van der Waals surface area contributed by atoms with Crippen molar-refractivity contribution in [3.63, 3.8) is 0 Å². The minimum atomic E-state index is -0.0264. The van der Waals surface area contributed by atoms with Crippen molar-refractivity contribution in [3.8, 4) is 0 Å². The second-order valence-electron chi connectivity index (χ2n) is 6.58. The Morgan fingerprint density at radius 1 is 0.682 bits per heavy atom. The Morgan fingerprint density at radius 2 is 1.09 bits per heavy atom. The van der Waals surface area contributed by atoms with E-state index in [1.54, 1.807) is 0 Å². The standard InChI is InChI=1S/C20H40O2/c1-4-7-9-11-12-14-16-18-19(22-20(21)6-3)17-15-13-10-8-5-2/h19H,4-18H2,1-3H3/t19-/m0/s1. The average molecular weight is 313 g/mol. The average Bonchev–Trinajstić information content (AvgIpc) is 2.53. The molecule has 2 nitrogen and oxygen atoms in total. The van der Waals surface area contributed by atoms with Crippen molar-refractivity contribution in [2.45, 2.75) is 123 Å². The van der Waals surface area contributed by atoms with Crippen LogP contribution in [0.5, 0.6) is 0 Å². The number of hydrogen-bond acceptors (Lipinski definition) is 2. The number of ether oxygens (including phenoxy) is 1. The number of esters is 1. The molecule has 0 heterocycles. The monoisotopic (exact) mass is 312 g/mol. The van der Waals surface area contributed by atoms with Gasteiger partial charge in [0.15, 0.2) is 0 Å². The smallest absolute Gasteiger partial charge is 0.305 e. The van der Waals surface area contributed by atoms with Crippen molar-refractivity contribution >= 4 is 5.97 Å². The fourth-order valence-electron chi connectivity index (χ4n) is 2.84. The van der Waals surface area contributed by atoms with E-state index in [2.05, 4.69) is 13.8 Å². The van der Waals surface area contributed by atoms with E-state index in [1.165, 1.54) is 77.0 Å². The molecule has 0 saturated heterocycles. The van der Waals surface area contributed by atoms with Crippen molar-refractivity contribution in [3.05, 3.63) is 0 Å². The number of carbonyl (C=O) groups excluding carboxylic acids is 1. The molecule has 0 aliphatic carbocycles. The Bertz CT molecular complexity index is 238. The van der Waals surface area contributed by atoms with Crippen molar-refractivity contribution in [2.75, 3.05) is 0 Å². The molecule has 0 rings (SSSR count). The van der Waals surface area contributed by atoms with E-state index >= 15 is 0 Å². The molecule has 0 spiro atoms. The first-order valence-electron chi connectivity index (χ1n) is 9.94. The number of unbranched alkanes of at least 4 members (excludes halogenated alkanes) is 10. The van der Waals surface area contributed by atoms with Gasteiger partial charge >= 0.3 is 5.97 Å². The van der Waals surface area contributed by atoms with Crippen molar-refractivity contribution < 1.29 is 9.53 Å². The molecule has 0 saturated carbocycles. The van der Waals surface area contributed by atoms with Gasteiger partial charge in [0.2, 0.25) is 0 Å². The topological polar surface area (TPSA) is 26.3 Å². The summed E-state index contributed by atoms with van der Waals surface area (Å²) in [6, 6.07) is 0. The molecule has 0 aromatic carbocycles.